The molecule has 0 aromatic heterocycles. The van der Waals surface area contributed by atoms with Crippen molar-refractivity contribution in [3.8, 4) is 16.9 Å². The Bertz CT molecular complexity index is 1010. The smallest absolute Gasteiger partial charge is 0.407 e. The first-order chi connectivity index (χ1) is 14.5. The summed E-state index contributed by atoms with van der Waals surface area (Å²) in [6.45, 7) is 4.01. The highest BCUT2D eigenvalue weighted by atomic mass is 32.2. The molecule has 158 valence electrons. The molecule has 6 nitrogen and oxygen atoms in total. The van der Waals surface area contributed by atoms with Gasteiger partial charge in [-0.2, -0.15) is 0 Å². The summed E-state index contributed by atoms with van der Waals surface area (Å²) in [6.07, 6.45) is 0.851. The van der Waals surface area contributed by atoms with Gasteiger partial charge in [0.05, 0.1) is 12.8 Å². The van der Waals surface area contributed by atoms with Crippen LogP contribution < -0.4 is 9.64 Å². The third-order valence-corrected chi connectivity index (χ3v) is 8.22. The molecule has 3 aliphatic rings. The molecule has 0 spiro atoms. The number of carbonyl (C=O) groups is 1. The molecule has 7 heteroatoms. The molecule has 3 atom stereocenters. The van der Waals surface area contributed by atoms with Gasteiger partial charge < -0.3 is 24.2 Å². The number of anilines is 1. The number of likely N-dealkylation sites (tertiary alicyclic amines) is 1. The first-order valence-corrected chi connectivity index (χ1v) is 11.8. The summed E-state index contributed by atoms with van der Waals surface area (Å²) in [5.41, 5.74) is 5.50. The summed E-state index contributed by atoms with van der Waals surface area (Å²) in [5.74, 6) is 1.61. The van der Waals surface area contributed by atoms with Crippen molar-refractivity contribution >= 4 is 23.0 Å². The highest BCUT2D eigenvalue weighted by molar-refractivity contribution is 7.91. The summed E-state index contributed by atoms with van der Waals surface area (Å²) >= 11 is -1.05. The molecular weight excluding hydrogens is 400 g/mol. The molecule has 0 radical (unpaired) electrons. The lowest BCUT2D eigenvalue weighted by Gasteiger charge is -2.37. The Balaban J connectivity index is 1.66. The van der Waals surface area contributed by atoms with Gasteiger partial charge in [-0.3, -0.25) is 0 Å². The van der Waals surface area contributed by atoms with Crippen molar-refractivity contribution in [2.24, 2.45) is 0 Å². The van der Waals surface area contributed by atoms with Gasteiger partial charge in [0.1, 0.15) is 11.5 Å². The molecule has 30 heavy (non-hydrogen) atoms. The summed E-state index contributed by atoms with van der Waals surface area (Å²) in [7, 11) is 1.66. The second-order valence-corrected chi connectivity index (χ2v) is 9.92. The van der Waals surface area contributed by atoms with Gasteiger partial charge in [0.15, 0.2) is 4.90 Å². The quantitative estimate of drug-likeness (QED) is 0.739. The number of rotatable bonds is 2. The molecule has 2 aromatic rings. The predicted molar refractivity (Wildman–Crippen MR) is 117 cm³/mol. The van der Waals surface area contributed by atoms with E-state index in [0.29, 0.717) is 18.8 Å². The highest BCUT2D eigenvalue weighted by Gasteiger charge is 2.46. The molecule has 1 fully saturated rings. The molecular formula is C23H26N2O4S. The van der Waals surface area contributed by atoms with Gasteiger partial charge in [-0.05, 0) is 65.0 Å². The van der Waals surface area contributed by atoms with Crippen LogP contribution in [-0.2, 0) is 11.2 Å². The van der Waals surface area contributed by atoms with Crippen LogP contribution in [0.15, 0.2) is 35.2 Å². The third-order valence-electron chi connectivity index (χ3n) is 6.76. The van der Waals surface area contributed by atoms with E-state index in [-0.39, 0.29) is 12.0 Å². The Morgan fingerprint density at radius 1 is 1.27 bits per heavy atom. The van der Waals surface area contributed by atoms with Crippen LogP contribution in [0.5, 0.6) is 5.75 Å². The number of nitrogens with zero attached hydrogens (tertiary/aromatic N) is 2. The van der Waals surface area contributed by atoms with Crippen LogP contribution in [-0.4, -0.2) is 59.2 Å². The van der Waals surface area contributed by atoms with Crippen molar-refractivity contribution in [1.29, 1.82) is 0 Å². The first-order valence-electron chi connectivity index (χ1n) is 10.4. The van der Waals surface area contributed by atoms with E-state index < -0.39 is 17.3 Å². The molecule has 0 saturated carbocycles. The largest absolute Gasteiger partial charge is 0.611 e. The van der Waals surface area contributed by atoms with E-state index in [1.54, 1.807) is 7.11 Å². The minimum Gasteiger partial charge on any atom is -0.611 e. The Morgan fingerprint density at radius 3 is 2.83 bits per heavy atom. The Kier molecular flexibility index (Phi) is 4.82. The highest BCUT2D eigenvalue weighted by Crippen LogP contribution is 2.50. The minimum absolute atomic E-state index is 0.122. The van der Waals surface area contributed by atoms with Gasteiger partial charge >= 0.3 is 6.09 Å². The lowest BCUT2D eigenvalue weighted by molar-refractivity contribution is 0.127. The van der Waals surface area contributed by atoms with Crippen LogP contribution in [0.3, 0.4) is 0 Å². The van der Waals surface area contributed by atoms with Crippen molar-refractivity contribution in [1.82, 2.24) is 4.90 Å². The number of benzene rings is 2. The normalized spacial score (nSPS) is 24.8. The number of piperidine rings is 1. The van der Waals surface area contributed by atoms with Crippen LogP contribution in [0.4, 0.5) is 10.5 Å². The van der Waals surface area contributed by atoms with E-state index in [2.05, 4.69) is 30.0 Å². The number of fused-ring (bicyclic) bond motifs is 3. The van der Waals surface area contributed by atoms with E-state index in [9.17, 15) is 14.5 Å². The first kappa shape index (κ1) is 19.6. The topological polar surface area (TPSA) is 76.1 Å². The van der Waals surface area contributed by atoms with Crippen molar-refractivity contribution in [2.75, 3.05) is 37.4 Å². The van der Waals surface area contributed by atoms with Gasteiger partial charge in [-0.25, -0.2) is 4.79 Å². The zero-order valence-corrected chi connectivity index (χ0v) is 18.1. The molecule has 1 N–H and O–H groups in total. The fraction of sp³-hybridized carbons (Fsp3) is 0.435. The second-order valence-electron chi connectivity index (χ2n) is 8.38. The standard InChI is InChI=1S/C23H26N2O4S/c1-14-10-16(29-2)4-5-17(14)15-11-18-19-13-24(23(26)27)8-6-20(19)25-7-3-9-30(28)21(12-15)22(18)25/h4-5,10-12,19-20H,3,6-9,13H2,1-2H3,(H,26,27)/t19-,20-,30?/m0/s1. The molecule has 2 aromatic carbocycles. The van der Waals surface area contributed by atoms with E-state index in [1.807, 2.05) is 12.1 Å². The van der Waals surface area contributed by atoms with Gasteiger partial charge in [-0.1, -0.05) is 6.07 Å². The minimum atomic E-state index is -1.05. The predicted octanol–water partition coefficient (Wildman–Crippen LogP) is 3.84. The van der Waals surface area contributed by atoms with E-state index in [1.165, 1.54) is 4.90 Å². The number of methoxy groups -OCH3 is 1. The maximum absolute atomic E-state index is 13.1. The van der Waals surface area contributed by atoms with Crippen LogP contribution in [0.1, 0.15) is 29.9 Å². The maximum atomic E-state index is 13.1. The zero-order chi connectivity index (χ0) is 21.0. The van der Waals surface area contributed by atoms with Crippen molar-refractivity contribution < 1.29 is 19.2 Å². The summed E-state index contributed by atoms with van der Waals surface area (Å²) in [6, 6.07) is 10.6. The number of amides is 1. The zero-order valence-electron chi connectivity index (χ0n) is 17.3. The molecule has 1 amide bonds. The lowest BCUT2D eigenvalue weighted by Crippen LogP contribution is -2.48. The average molecular weight is 427 g/mol. The van der Waals surface area contributed by atoms with Gasteiger partial charge in [0.25, 0.3) is 0 Å². The van der Waals surface area contributed by atoms with Crippen LogP contribution >= 0.6 is 0 Å². The maximum Gasteiger partial charge on any atom is 0.407 e. The third kappa shape index (κ3) is 3.03. The molecule has 0 aliphatic carbocycles. The van der Waals surface area contributed by atoms with Gasteiger partial charge in [0.2, 0.25) is 0 Å². The summed E-state index contributed by atoms with van der Waals surface area (Å²) in [5, 5.41) is 9.55. The van der Waals surface area contributed by atoms with Crippen LogP contribution in [0.25, 0.3) is 11.1 Å². The monoisotopic (exact) mass is 426 g/mol. The fourth-order valence-corrected chi connectivity index (χ4v) is 6.67. The number of hydrogen-bond acceptors (Lipinski definition) is 4. The molecule has 3 heterocycles. The Morgan fingerprint density at radius 2 is 2.10 bits per heavy atom. The summed E-state index contributed by atoms with van der Waals surface area (Å²) in [4.78, 5) is 16.5. The van der Waals surface area contributed by atoms with Gasteiger partial charge in [0, 0.05) is 44.1 Å². The van der Waals surface area contributed by atoms with Crippen molar-refractivity contribution in [3.63, 3.8) is 0 Å². The molecule has 0 bridgehead atoms. The molecule has 5 rings (SSSR count). The van der Waals surface area contributed by atoms with E-state index in [0.717, 1.165) is 58.0 Å². The summed E-state index contributed by atoms with van der Waals surface area (Å²) < 4.78 is 18.5. The average Bonchev–Trinajstić information content (AvgIpc) is 2.95. The van der Waals surface area contributed by atoms with Crippen LogP contribution in [0, 0.1) is 6.92 Å². The SMILES string of the molecule is COc1ccc(-c2cc3c4c(c2)[S+]([O-])CCCN4[C@H]2CCN(C(=O)O)C[C@@H]32)c(C)c1. The molecule has 3 aliphatic heterocycles. The Hall–Kier alpha value is -2.38. The van der Waals surface area contributed by atoms with Crippen molar-refractivity contribution in [3.05, 3.63) is 41.5 Å². The van der Waals surface area contributed by atoms with Crippen LogP contribution in [0.2, 0.25) is 0 Å². The van der Waals surface area contributed by atoms with E-state index >= 15 is 0 Å². The number of hydrogen-bond donors (Lipinski definition) is 1. The Labute approximate surface area is 179 Å². The molecule has 1 saturated heterocycles. The number of carboxylic acid groups (broad SMARTS) is 1. The molecule has 1 unspecified atom stereocenters. The number of ether oxygens (including phenoxy) is 1. The lowest BCUT2D eigenvalue weighted by atomic mass is 9.87. The van der Waals surface area contributed by atoms with E-state index in [4.69, 9.17) is 4.74 Å². The fourth-order valence-electron chi connectivity index (χ4n) is 5.35. The van der Waals surface area contributed by atoms with Crippen molar-refractivity contribution in [2.45, 2.75) is 36.6 Å². The number of aryl methyl sites for hydroxylation is 1. The second kappa shape index (κ2) is 7.39. The van der Waals surface area contributed by atoms with Gasteiger partial charge in [-0.15, -0.1) is 0 Å².